The van der Waals surface area contributed by atoms with Gasteiger partial charge in [-0.25, -0.2) is 4.79 Å². The van der Waals surface area contributed by atoms with Gasteiger partial charge in [-0.2, -0.15) is 0 Å². The van der Waals surface area contributed by atoms with E-state index in [2.05, 4.69) is 19.7 Å². The van der Waals surface area contributed by atoms with Gasteiger partial charge in [-0.1, -0.05) is 19.4 Å². The van der Waals surface area contributed by atoms with Crippen LogP contribution in [0.1, 0.15) is 33.1 Å². The minimum Gasteiger partial charge on any atom is -0.462 e. The molecule has 0 saturated carbocycles. The Kier molecular flexibility index (Phi) is 8.17. The highest BCUT2D eigenvalue weighted by molar-refractivity contribution is 6.71. The van der Waals surface area contributed by atoms with Crippen LogP contribution in [-0.2, 0) is 14.0 Å². The van der Waals surface area contributed by atoms with E-state index in [1.54, 1.807) is 6.92 Å². The molecule has 0 aromatic heterocycles. The molecule has 0 aromatic rings. The molecule has 17 heavy (non-hydrogen) atoms. The van der Waals surface area contributed by atoms with Crippen LogP contribution in [-0.4, -0.2) is 27.5 Å². The van der Waals surface area contributed by atoms with Crippen molar-refractivity contribution < 1.29 is 14.0 Å². The maximum absolute atomic E-state index is 11.1. The van der Waals surface area contributed by atoms with Crippen molar-refractivity contribution in [1.29, 1.82) is 0 Å². The number of unbranched alkanes of at least 4 members (excludes halogenated alkanes) is 2. The molecular weight excluding hydrogens is 232 g/mol. The first-order valence-electron chi connectivity index (χ1n) is 6.35. The second-order valence-corrected chi connectivity index (χ2v) is 9.23. The monoisotopic (exact) mass is 258 g/mol. The van der Waals surface area contributed by atoms with Crippen LogP contribution >= 0.6 is 0 Å². The Morgan fingerprint density at radius 2 is 1.88 bits per heavy atom. The molecule has 0 atom stereocenters. The van der Waals surface area contributed by atoms with Gasteiger partial charge in [-0.05, 0) is 39.4 Å². The predicted octanol–water partition coefficient (Wildman–Crippen LogP) is 3.52. The SMILES string of the molecule is C=C(C)C(=O)OCCCCC[Si](C)(C)OCC. The Hall–Kier alpha value is -0.613. The molecule has 100 valence electrons. The summed E-state index contributed by atoms with van der Waals surface area (Å²) in [6.45, 7) is 13.1. The minimum atomic E-state index is -1.43. The van der Waals surface area contributed by atoms with Crippen molar-refractivity contribution in [3.05, 3.63) is 12.2 Å². The molecule has 0 aliphatic carbocycles. The van der Waals surface area contributed by atoms with E-state index in [-0.39, 0.29) is 5.97 Å². The number of esters is 1. The van der Waals surface area contributed by atoms with Gasteiger partial charge >= 0.3 is 5.97 Å². The van der Waals surface area contributed by atoms with Crippen LogP contribution in [0.25, 0.3) is 0 Å². The summed E-state index contributed by atoms with van der Waals surface area (Å²) in [5, 5.41) is 0. The molecule has 0 rings (SSSR count). The number of hydrogen-bond donors (Lipinski definition) is 0. The molecule has 0 unspecified atom stereocenters. The Bertz CT molecular complexity index is 249. The third-order valence-corrected chi connectivity index (χ3v) is 5.17. The molecule has 0 fully saturated rings. The normalized spacial score (nSPS) is 11.3. The lowest BCUT2D eigenvalue weighted by Crippen LogP contribution is -2.29. The summed E-state index contributed by atoms with van der Waals surface area (Å²) in [4.78, 5) is 11.1. The minimum absolute atomic E-state index is 0.283. The number of ether oxygens (including phenoxy) is 1. The summed E-state index contributed by atoms with van der Waals surface area (Å²) in [6.07, 6.45) is 3.17. The van der Waals surface area contributed by atoms with Gasteiger partial charge in [-0.15, -0.1) is 0 Å². The molecule has 0 aliphatic heterocycles. The smallest absolute Gasteiger partial charge is 0.333 e. The Morgan fingerprint density at radius 3 is 2.41 bits per heavy atom. The fraction of sp³-hybridized carbons (Fsp3) is 0.769. The molecule has 0 bridgehead atoms. The number of carbonyl (C=O) groups is 1. The number of rotatable bonds is 9. The third kappa shape index (κ3) is 9.12. The van der Waals surface area contributed by atoms with Crippen molar-refractivity contribution in [3.8, 4) is 0 Å². The van der Waals surface area contributed by atoms with Crippen molar-refractivity contribution in [3.63, 3.8) is 0 Å². The fourth-order valence-corrected chi connectivity index (χ4v) is 3.61. The number of hydrogen-bond acceptors (Lipinski definition) is 3. The average Bonchev–Trinajstić information content (AvgIpc) is 2.22. The van der Waals surface area contributed by atoms with Gasteiger partial charge in [0.1, 0.15) is 0 Å². The van der Waals surface area contributed by atoms with Crippen molar-refractivity contribution in [1.82, 2.24) is 0 Å². The van der Waals surface area contributed by atoms with Crippen molar-refractivity contribution in [2.75, 3.05) is 13.2 Å². The Morgan fingerprint density at radius 1 is 1.24 bits per heavy atom. The molecular formula is C13H26O3Si. The zero-order chi connectivity index (χ0) is 13.3. The van der Waals surface area contributed by atoms with Gasteiger partial charge in [0.25, 0.3) is 0 Å². The molecule has 0 radical (unpaired) electrons. The maximum Gasteiger partial charge on any atom is 0.333 e. The maximum atomic E-state index is 11.1. The molecule has 0 spiro atoms. The van der Waals surface area contributed by atoms with E-state index in [9.17, 15) is 4.79 Å². The van der Waals surface area contributed by atoms with Gasteiger partial charge in [0.05, 0.1) is 6.61 Å². The number of carbonyl (C=O) groups excluding carboxylic acids is 1. The van der Waals surface area contributed by atoms with Crippen LogP contribution in [0.5, 0.6) is 0 Å². The van der Waals surface area contributed by atoms with Crippen LogP contribution < -0.4 is 0 Å². The lowest BCUT2D eigenvalue weighted by Gasteiger charge is -2.21. The molecule has 4 heteroatoms. The zero-order valence-electron chi connectivity index (χ0n) is 11.7. The molecule has 0 aromatic carbocycles. The third-order valence-electron chi connectivity index (χ3n) is 2.54. The molecule has 0 saturated heterocycles. The highest BCUT2D eigenvalue weighted by Gasteiger charge is 2.20. The van der Waals surface area contributed by atoms with Gasteiger partial charge in [0.15, 0.2) is 8.32 Å². The van der Waals surface area contributed by atoms with Crippen molar-refractivity contribution in [2.45, 2.75) is 52.2 Å². The second kappa shape index (κ2) is 8.47. The molecule has 0 amide bonds. The summed E-state index contributed by atoms with van der Waals surface area (Å²) < 4.78 is 10.8. The Balaban J connectivity index is 3.47. The van der Waals surface area contributed by atoms with Gasteiger partial charge in [-0.3, -0.25) is 0 Å². The summed E-state index contributed by atoms with van der Waals surface area (Å²) in [5.41, 5.74) is 0.467. The molecule has 0 N–H and O–H groups in total. The second-order valence-electron chi connectivity index (χ2n) is 4.92. The first kappa shape index (κ1) is 16.4. The fourth-order valence-electron chi connectivity index (χ4n) is 1.58. The van der Waals surface area contributed by atoms with E-state index in [0.717, 1.165) is 25.9 Å². The van der Waals surface area contributed by atoms with E-state index in [1.165, 1.54) is 6.04 Å². The summed E-state index contributed by atoms with van der Waals surface area (Å²) in [7, 11) is -1.43. The molecule has 0 aliphatic rings. The van der Waals surface area contributed by atoms with Crippen LogP contribution in [0.3, 0.4) is 0 Å². The van der Waals surface area contributed by atoms with Crippen LogP contribution in [0.2, 0.25) is 19.1 Å². The first-order chi connectivity index (χ1) is 7.89. The molecule has 3 nitrogen and oxygen atoms in total. The lowest BCUT2D eigenvalue weighted by atomic mass is 10.3. The van der Waals surface area contributed by atoms with E-state index < -0.39 is 8.32 Å². The Labute approximate surface area is 106 Å². The van der Waals surface area contributed by atoms with E-state index in [4.69, 9.17) is 9.16 Å². The van der Waals surface area contributed by atoms with Gasteiger partial charge in [0, 0.05) is 12.2 Å². The van der Waals surface area contributed by atoms with Crippen molar-refractivity contribution >= 4 is 14.3 Å². The predicted molar refractivity (Wildman–Crippen MR) is 73.5 cm³/mol. The molecule has 0 heterocycles. The highest BCUT2D eigenvalue weighted by Crippen LogP contribution is 2.15. The summed E-state index contributed by atoms with van der Waals surface area (Å²) in [6, 6.07) is 1.18. The lowest BCUT2D eigenvalue weighted by molar-refractivity contribution is -0.139. The largest absolute Gasteiger partial charge is 0.462 e. The van der Waals surface area contributed by atoms with Crippen molar-refractivity contribution in [2.24, 2.45) is 0 Å². The topological polar surface area (TPSA) is 35.5 Å². The van der Waals surface area contributed by atoms with E-state index in [0.29, 0.717) is 12.2 Å². The average molecular weight is 258 g/mol. The standard InChI is InChI=1S/C13H26O3Si/c1-6-16-17(4,5)11-9-7-8-10-15-13(14)12(2)3/h2,6-11H2,1,3-5H3. The van der Waals surface area contributed by atoms with Crippen LogP contribution in [0, 0.1) is 0 Å². The van der Waals surface area contributed by atoms with Crippen LogP contribution in [0.4, 0.5) is 0 Å². The van der Waals surface area contributed by atoms with Crippen LogP contribution in [0.15, 0.2) is 12.2 Å². The van der Waals surface area contributed by atoms with Gasteiger partial charge in [0.2, 0.25) is 0 Å². The van der Waals surface area contributed by atoms with Gasteiger partial charge < -0.3 is 9.16 Å². The quantitative estimate of drug-likeness (QED) is 0.275. The zero-order valence-corrected chi connectivity index (χ0v) is 12.7. The summed E-state index contributed by atoms with van der Waals surface area (Å²) >= 11 is 0. The van der Waals surface area contributed by atoms with E-state index >= 15 is 0 Å². The highest BCUT2D eigenvalue weighted by atomic mass is 28.4. The first-order valence-corrected chi connectivity index (χ1v) is 9.47. The summed E-state index contributed by atoms with van der Waals surface area (Å²) in [5.74, 6) is -0.283. The van der Waals surface area contributed by atoms with E-state index in [1.807, 2.05) is 6.92 Å².